The number of hydrogen-bond acceptors (Lipinski definition) is 18. The van der Waals surface area contributed by atoms with Crippen molar-refractivity contribution in [1.82, 2.24) is 16.0 Å². The molecule has 2 saturated heterocycles. The van der Waals surface area contributed by atoms with Crippen LogP contribution in [0.4, 0.5) is 0 Å². The van der Waals surface area contributed by atoms with Gasteiger partial charge < -0.3 is 79.6 Å². The molecule has 0 aromatic rings. The molecule has 62 heavy (non-hydrogen) atoms. The number of amides is 3. The number of carboxylic acid groups (broad SMARTS) is 1. The Hall–Kier alpha value is -0.610. The molecule has 0 spiro atoms. The summed E-state index contributed by atoms with van der Waals surface area (Å²) in [6.45, 7) is 4.62. The molecule has 0 aromatic heterocycles. The second-order valence-electron chi connectivity index (χ2n) is 16.5. The maximum atomic E-state index is 13.7. The molecule has 346 valence electrons. The summed E-state index contributed by atoms with van der Waals surface area (Å²) in [5, 5.41) is 72.3. The van der Waals surface area contributed by atoms with Crippen LogP contribution in [0.5, 0.6) is 0 Å². The van der Waals surface area contributed by atoms with Crippen LogP contribution in [0, 0.1) is 17.8 Å². The molecule has 4 rings (SSSR count). The van der Waals surface area contributed by atoms with Crippen molar-refractivity contribution in [3.8, 4) is 0 Å². The summed E-state index contributed by atoms with van der Waals surface area (Å²) < 4.78 is 64.3. The van der Waals surface area contributed by atoms with E-state index in [4.69, 9.17) is 23.7 Å². The van der Waals surface area contributed by atoms with E-state index in [1.165, 1.54) is 13.8 Å². The molecule has 8 N–H and O–H groups in total. The number of aliphatic hydroxyl groups excluding tert-OH is 5. The maximum absolute atomic E-state index is 13.7. The normalized spacial score (nSPS) is 35.3. The Morgan fingerprint density at radius 1 is 0.871 bits per heavy atom. The van der Waals surface area contributed by atoms with Crippen LogP contribution in [-0.4, -0.2) is 167 Å². The van der Waals surface area contributed by atoms with Crippen LogP contribution in [0.15, 0.2) is 0 Å². The maximum Gasteiger partial charge on any atom is 1.00 e. The minimum atomic E-state index is -4.68. The zero-order valence-electron chi connectivity index (χ0n) is 36.5. The number of carbonyl (C=O) groups is 4. The number of hydrogen-bond donors (Lipinski definition) is 8. The fourth-order valence-corrected chi connectivity index (χ4v) is 8.89. The molecule has 2 aliphatic carbocycles. The van der Waals surface area contributed by atoms with Gasteiger partial charge in [-0.1, -0.05) is 45.4 Å². The van der Waals surface area contributed by atoms with Crippen LogP contribution in [0.1, 0.15) is 91.9 Å². The molecule has 2 heterocycles. The first-order valence-electron chi connectivity index (χ1n) is 20.8. The predicted octanol–water partition coefficient (Wildman–Crippen LogP) is -9.36. The van der Waals surface area contributed by atoms with Gasteiger partial charge in [-0.15, -0.1) is 0 Å². The minimum absolute atomic E-state index is 0. The van der Waals surface area contributed by atoms with Crippen molar-refractivity contribution in [3.05, 3.63) is 0 Å². The SMILES string of the molecule is CCC1CC(C(=O)NCCNC(=O)CC(C)S(=O)(=O)[O-])C[C@@H](O[C@@H]2O[C@@H](CO)[C@H](O)C(O[C@@H](CC3CCCCC3)C(=O)[O-])C2NC(C)=O)[C@@H]1O[C@@H]1OC(C)[C@@H](O)[C@H](O)C1O.[Na+].[Na+]. The molecular weight excluding hydrogens is 864 g/mol. The third-order valence-corrected chi connectivity index (χ3v) is 13.2. The van der Waals surface area contributed by atoms with Gasteiger partial charge in [-0.3, -0.25) is 14.4 Å². The van der Waals surface area contributed by atoms with Crippen molar-refractivity contribution in [1.29, 1.82) is 0 Å². The van der Waals surface area contributed by atoms with Crippen molar-refractivity contribution in [3.63, 3.8) is 0 Å². The molecule has 21 nitrogen and oxygen atoms in total. The van der Waals surface area contributed by atoms with Crippen molar-refractivity contribution in [2.45, 2.75) is 177 Å². The van der Waals surface area contributed by atoms with E-state index in [0.717, 1.165) is 39.0 Å². The van der Waals surface area contributed by atoms with E-state index >= 15 is 0 Å². The molecule has 3 amide bonds. The summed E-state index contributed by atoms with van der Waals surface area (Å²) in [4.78, 5) is 51.0. The molecule has 7 unspecified atom stereocenters. The zero-order chi connectivity index (χ0) is 44.5. The molecule has 4 aliphatic rings. The van der Waals surface area contributed by atoms with E-state index in [1.54, 1.807) is 0 Å². The molecule has 4 fully saturated rings. The number of nitrogens with one attached hydrogen (secondary N) is 3. The van der Waals surface area contributed by atoms with Gasteiger partial charge in [0.2, 0.25) is 17.7 Å². The Kier molecular flexibility index (Phi) is 24.7. The number of aliphatic carboxylic acids is 1. The van der Waals surface area contributed by atoms with E-state index in [2.05, 4.69) is 16.0 Å². The average Bonchev–Trinajstić information content (AvgIpc) is 3.19. The summed E-state index contributed by atoms with van der Waals surface area (Å²) >= 11 is 0. The molecule has 24 heteroatoms. The van der Waals surface area contributed by atoms with Crippen molar-refractivity contribution in [2.75, 3.05) is 19.7 Å². The van der Waals surface area contributed by atoms with Gasteiger partial charge in [-0.05, 0) is 44.9 Å². The van der Waals surface area contributed by atoms with Gasteiger partial charge in [0.25, 0.3) is 0 Å². The van der Waals surface area contributed by atoms with Crippen LogP contribution in [-0.2, 0) is 53.0 Å². The summed E-state index contributed by atoms with van der Waals surface area (Å²) in [6, 6.07) is -1.39. The van der Waals surface area contributed by atoms with Crippen LogP contribution < -0.4 is 80.2 Å². The smallest absolute Gasteiger partial charge is 0.748 e. The largest absolute Gasteiger partial charge is 1.00 e. The summed E-state index contributed by atoms with van der Waals surface area (Å²) in [6.07, 6.45) is -12.7. The van der Waals surface area contributed by atoms with Gasteiger partial charge in [-0.2, -0.15) is 0 Å². The molecule has 2 aliphatic heterocycles. The monoisotopic (exact) mass is 927 g/mol. The molecule has 0 aromatic carbocycles. The molecule has 0 radical (unpaired) electrons. The minimum Gasteiger partial charge on any atom is -0.748 e. The van der Waals surface area contributed by atoms with E-state index in [9.17, 15) is 62.8 Å². The first-order valence-corrected chi connectivity index (χ1v) is 22.3. The second-order valence-corrected chi connectivity index (χ2v) is 18.3. The van der Waals surface area contributed by atoms with Gasteiger partial charge >= 0.3 is 59.1 Å². The number of rotatable bonds is 19. The summed E-state index contributed by atoms with van der Waals surface area (Å²) in [7, 11) is -4.68. The Morgan fingerprint density at radius 2 is 1.52 bits per heavy atom. The summed E-state index contributed by atoms with van der Waals surface area (Å²) in [5.41, 5.74) is 0. The zero-order valence-corrected chi connectivity index (χ0v) is 41.3. The third kappa shape index (κ3) is 16.0. The molecule has 0 bridgehead atoms. The first-order chi connectivity index (χ1) is 28.2. The first kappa shape index (κ1) is 57.5. The number of carboxylic acids is 1. The van der Waals surface area contributed by atoms with Gasteiger partial charge in [0, 0.05) is 32.4 Å². The van der Waals surface area contributed by atoms with Crippen LogP contribution in [0.25, 0.3) is 0 Å². The van der Waals surface area contributed by atoms with Crippen molar-refractivity contribution in [2.24, 2.45) is 17.8 Å². The van der Waals surface area contributed by atoms with Gasteiger partial charge in [0.05, 0.1) is 52.4 Å². The van der Waals surface area contributed by atoms with E-state index in [0.29, 0.717) is 6.42 Å². The van der Waals surface area contributed by atoms with Crippen molar-refractivity contribution >= 4 is 33.8 Å². The topological polar surface area (TPSA) is 332 Å². The number of carbonyl (C=O) groups excluding carboxylic acids is 4. The molecule has 16 atom stereocenters. The average molecular weight is 928 g/mol. The van der Waals surface area contributed by atoms with E-state index in [1.807, 2.05) is 6.92 Å². The quantitative estimate of drug-likeness (QED) is 0.0339. The van der Waals surface area contributed by atoms with E-state index in [-0.39, 0.29) is 97.4 Å². The van der Waals surface area contributed by atoms with Gasteiger partial charge in [-0.25, -0.2) is 8.42 Å². The third-order valence-electron chi connectivity index (χ3n) is 12.0. The predicted molar refractivity (Wildman–Crippen MR) is 203 cm³/mol. The van der Waals surface area contributed by atoms with Crippen molar-refractivity contribution < 1.29 is 146 Å². The standard InChI is InChI=1S/C38H65N3O18S.2Na/c1-5-22-15-23(35(49)40-12-11-39-27(44)13-18(2)60(52,53)54)16-24(33(22)59-38-32(48)31(47)29(45)19(3)55-38)57-37-28(41-20(4)43)34(30(46)26(17-42)58-37)56-25(36(50)51)14-21-9-7-6-8-10-21;;/h18-19,21-26,28-34,37-38,42,45-48H,5-17H2,1-4H3,(H,39,44)(H,40,49)(H,41,43)(H,50,51)(H,52,53,54);;/q;2*+1/p-2/t18?,19?,22?,23?,24-,25+,26+,28?,29-,30+,31+,32?,33-,34?,37-,38+;;/m1../s1. The Morgan fingerprint density at radius 3 is 2.10 bits per heavy atom. The van der Waals surface area contributed by atoms with Crippen LogP contribution in [0.2, 0.25) is 0 Å². The fraction of sp³-hybridized carbons (Fsp3) is 0.895. The molecule has 2 saturated carbocycles. The summed E-state index contributed by atoms with van der Waals surface area (Å²) in [5.74, 6) is -4.64. The van der Waals surface area contributed by atoms with Gasteiger partial charge in [0.15, 0.2) is 12.6 Å². The number of aliphatic hydroxyl groups is 5. The second kappa shape index (κ2) is 26.7. The van der Waals surface area contributed by atoms with Gasteiger partial charge in [0.1, 0.15) is 42.7 Å². The fourth-order valence-electron chi connectivity index (χ4n) is 8.54. The Balaban J connectivity index is 0.00000661. The van der Waals surface area contributed by atoms with Crippen LogP contribution >= 0.6 is 0 Å². The number of ether oxygens (including phenoxy) is 5. The Bertz CT molecular complexity index is 1550. The Labute approximate surface area is 406 Å². The van der Waals surface area contributed by atoms with E-state index < -0.39 is 144 Å². The van der Waals surface area contributed by atoms with Crippen LogP contribution in [0.3, 0.4) is 0 Å². The molecular formula is C38H63N3Na2O18S.